The standard InChI is InChI=1S/C17H19N3O2S/c1-12-6-7-20-11-15(19-17(20)8-12)10-18-23(21,22)16-5-4-13(2)14(3)9-16/h4-9,11,18H,10H2,1-3H3. The number of rotatable bonds is 4. The number of nitrogens with one attached hydrogen (secondary N) is 1. The summed E-state index contributed by atoms with van der Waals surface area (Å²) < 4.78 is 29.3. The fourth-order valence-corrected chi connectivity index (χ4v) is 3.44. The van der Waals surface area contributed by atoms with Gasteiger partial charge in [-0.15, -0.1) is 0 Å². The summed E-state index contributed by atoms with van der Waals surface area (Å²) in [5, 5.41) is 0. The lowest BCUT2D eigenvalue weighted by Crippen LogP contribution is -2.23. The Morgan fingerprint density at radius 1 is 1.09 bits per heavy atom. The van der Waals surface area contributed by atoms with Gasteiger partial charge in [-0.3, -0.25) is 0 Å². The molecule has 0 unspecified atom stereocenters. The minimum absolute atomic E-state index is 0.163. The molecule has 2 aromatic heterocycles. The first kappa shape index (κ1) is 15.7. The van der Waals surface area contributed by atoms with Crippen LogP contribution in [0.3, 0.4) is 0 Å². The Kier molecular flexibility index (Phi) is 3.95. The molecule has 23 heavy (non-hydrogen) atoms. The van der Waals surface area contributed by atoms with Crippen LogP contribution in [-0.4, -0.2) is 17.8 Å². The Labute approximate surface area is 136 Å². The largest absolute Gasteiger partial charge is 0.307 e. The number of nitrogens with zero attached hydrogens (tertiary/aromatic N) is 2. The number of aromatic nitrogens is 2. The molecule has 0 saturated heterocycles. The fraction of sp³-hybridized carbons (Fsp3) is 0.235. The number of fused-ring (bicyclic) bond motifs is 1. The lowest BCUT2D eigenvalue weighted by Gasteiger charge is -2.07. The maximum atomic E-state index is 12.4. The predicted molar refractivity (Wildman–Crippen MR) is 89.9 cm³/mol. The van der Waals surface area contributed by atoms with Crippen LogP contribution >= 0.6 is 0 Å². The maximum absolute atomic E-state index is 12.4. The SMILES string of the molecule is Cc1ccn2cc(CNS(=O)(=O)c3ccc(C)c(C)c3)nc2c1. The van der Waals surface area contributed by atoms with Crippen LogP contribution in [0.1, 0.15) is 22.4 Å². The zero-order valence-electron chi connectivity index (χ0n) is 13.4. The van der Waals surface area contributed by atoms with Crippen molar-refractivity contribution in [1.29, 1.82) is 0 Å². The molecule has 0 aliphatic rings. The van der Waals surface area contributed by atoms with Crippen molar-refractivity contribution in [2.75, 3.05) is 0 Å². The van der Waals surface area contributed by atoms with Crippen LogP contribution in [-0.2, 0) is 16.6 Å². The van der Waals surface area contributed by atoms with Crippen molar-refractivity contribution in [1.82, 2.24) is 14.1 Å². The molecule has 0 aliphatic carbocycles. The zero-order chi connectivity index (χ0) is 16.6. The maximum Gasteiger partial charge on any atom is 0.240 e. The molecule has 0 atom stereocenters. The van der Waals surface area contributed by atoms with E-state index in [0.717, 1.165) is 22.3 Å². The molecule has 0 aliphatic heterocycles. The topological polar surface area (TPSA) is 63.5 Å². The van der Waals surface area contributed by atoms with Crippen LogP contribution in [0.25, 0.3) is 5.65 Å². The highest BCUT2D eigenvalue weighted by atomic mass is 32.2. The zero-order valence-corrected chi connectivity index (χ0v) is 14.2. The van der Waals surface area contributed by atoms with E-state index in [9.17, 15) is 8.42 Å². The molecule has 3 rings (SSSR count). The van der Waals surface area contributed by atoms with E-state index in [1.54, 1.807) is 12.1 Å². The van der Waals surface area contributed by atoms with E-state index in [0.29, 0.717) is 5.69 Å². The highest BCUT2D eigenvalue weighted by Gasteiger charge is 2.15. The second-order valence-corrected chi connectivity index (χ2v) is 7.54. The third-order valence-corrected chi connectivity index (χ3v) is 5.30. The van der Waals surface area contributed by atoms with Crippen molar-refractivity contribution in [3.63, 3.8) is 0 Å². The molecule has 0 bridgehead atoms. The Morgan fingerprint density at radius 3 is 2.61 bits per heavy atom. The normalized spacial score (nSPS) is 12.0. The van der Waals surface area contributed by atoms with Gasteiger partial charge < -0.3 is 4.40 Å². The van der Waals surface area contributed by atoms with Gasteiger partial charge in [-0.2, -0.15) is 0 Å². The summed E-state index contributed by atoms with van der Waals surface area (Å²) in [6.45, 7) is 6.02. The smallest absolute Gasteiger partial charge is 0.240 e. The molecule has 2 heterocycles. The molecule has 120 valence electrons. The van der Waals surface area contributed by atoms with Gasteiger partial charge in [-0.05, 0) is 61.7 Å². The van der Waals surface area contributed by atoms with Crippen LogP contribution in [0.5, 0.6) is 0 Å². The number of aryl methyl sites for hydroxylation is 3. The lowest BCUT2D eigenvalue weighted by atomic mass is 10.1. The van der Waals surface area contributed by atoms with Crippen LogP contribution in [0.15, 0.2) is 47.6 Å². The first-order valence-corrected chi connectivity index (χ1v) is 8.85. The first-order chi connectivity index (χ1) is 10.8. The molecule has 0 radical (unpaired) electrons. The van der Waals surface area contributed by atoms with Crippen molar-refractivity contribution < 1.29 is 8.42 Å². The van der Waals surface area contributed by atoms with Crippen LogP contribution < -0.4 is 4.72 Å². The number of hydrogen-bond donors (Lipinski definition) is 1. The summed E-state index contributed by atoms with van der Waals surface area (Å²) >= 11 is 0. The van der Waals surface area contributed by atoms with Crippen molar-refractivity contribution in [2.45, 2.75) is 32.2 Å². The summed E-state index contributed by atoms with van der Waals surface area (Å²) in [5.41, 5.74) is 4.63. The fourth-order valence-electron chi connectivity index (χ4n) is 2.35. The third-order valence-electron chi connectivity index (χ3n) is 3.90. The molecule has 3 aromatic rings. The van der Waals surface area contributed by atoms with Gasteiger partial charge in [0.25, 0.3) is 0 Å². The van der Waals surface area contributed by atoms with Gasteiger partial charge in [0, 0.05) is 12.4 Å². The minimum Gasteiger partial charge on any atom is -0.307 e. The number of pyridine rings is 1. The van der Waals surface area contributed by atoms with Crippen LogP contribution in [0, 0.1) is 20.8 Å². The van der Waals surface area contributed by atoms with Gasteiger partial charge in [0.1, 0.15) is 5.65 Å². The lowest BCUT2D eigenvalue weighted by molar-refractivity contribution is 0.580. The number of hydrogen-bond acceptors (Lipinski definition) is 3. The van der Waals surface area contributed by atoms with E-state index >= 15 is 0 Å². The van der Waals surface area contributed by atoms with Crippen LogP contribution in [0.4, 0.5) is 0 Å². The second kappa shape index (κ2) is 5.79. The van der Waals surface area contributed by atoms with Gasteiger partial charge in [0.2, 0.25) is 10.0 Å². The molecule has 0 spiro atoms. The molecular formula is C17H19N3O2S. The Morgan fingerprint density at radius 2 is 1.87 bits per heavy atom. The summed E-state index contributed by atoms with van der Waals surface area (Å²) in [6.07, 6.45) is 3.75. The van der Waals surface area contributed by atoms with Gasteiger partial charge >= 0.3 is 0 Å². The average Bonchev–Trinajstić information content (AvgIpc) is 2.90. The molecule has 5 nitrogen and oxygen atoms in total. The van der Waals surface area contributed by atoms with Gasteiger partial charge in [0.15, 0.2) is 0 Å². The van der Waals surface area contributed by atoms with E-state index < -0.39 is 10.0 Å². The van der Waals surface area contributed by atoms with Crippen molar-refractivity contribution in [3.05, 3.63) is 65.1 Å². The van der Waals surface area contributed by atoms with E-state index in [4.69, 9.17) is 0 Å². The van der Waals surface area contributed by atoms with Gasteiger partial charge in [0.05, 0.1) is 17.1 Å². The monoisotopic (exact) mass is 329 g/mol. The molecule has 1 N–H and O–H groups in total. The average molecular weight is 329 g/mol. The number of sulfonamides is 1. The Balaban J connectivity index is 1.81. The highest BCUT2D eigenvalue weighted by Crippen LogP contribution is 2.15. The Hall–Kier alpha value is -2.18. The highest BCUT2D eigenvalue weighted by molar-refractivity contribution is 7.89. The van der Waals surface area contributed by atoms with Crippen molar-refractivity contribution >= 4 is 15.7 Å². The van der Waals surface area contributed by atoms with E-state index in [-0.39, 0.29) is 11.4 Å². The molecule has 0 saturated carbocycles. The van der Waals surface area contributed by atoms with E-state index in [2.05, 4.69) is 9.71 Å². The quantitative estimate of drug-likeness (QED) is 0.800. The summed E-state index contributed by atoms with van der Waals surface area (Å²) in [5.74, 6) is 0. The molecule has 0 fully saturated rings. The van der Waals surface area contributed by atoms with Crippen molar-refractivity contribution in [2.24, 2.45) is 0 Å². The second-order valence-electron chi connectivity index (χ2n) is 5.77. The first-order valence-electron chi connectivity index (χ1n) is 7.36. The van der Waals surface area contributed by atoms with Crippen LogP contribution in [0.2, 0.25) is 0 Å². The van der Waals surface area contributed by atoms with E-state index in [1.165, 1.54) is 0 Å². The Bertz CT molecular complexity index is 975. The minimum atomic E-state index is -3.54. The number of benzene rings is 1. The molecular weight excluding hydrogens is 310 g/mol. The predicted octanol–water partition coefficient (Wildman–Crippen LogP) is 2.74. The molecule has 6 heteroatoms. The third kappa shape index (κ3) is 3.28. The summed E-state index contributed by atoms with van der Waals surface area (Å²) in [6, 6.07) is 9.07. The van der Waals surface area contributed by atoms with Gasteiger partial charge in [-0.1, -0.05) is 6.07 Å². The summed E-state index contributed by atoms with van der Waals surface area (Å²) in [4.78, 5) is 4.72. The van der Waals surface area contributed by atoms with Gasteiger partial charge in [-0.25, -0.2) is 18.1 Å². The molecule has 0 amide bonds. The summed E-state index contributed by atoms with van der Waals surface area (Å²) in [7, 11) is -3.54. The van der Waals surface area contributed by atoms with Crippen molar-refractivity contribution in [3.8, 4) is 0 Å². The number of imidazole rings is 1. The van der Waals surface area contributed by atoms with E-state index in [1.807, 2.05) is 55.8 Å². The molecule has 1 aromatic carbocycles.